The predicted octanol–water partition coefficient (Wildman–Crippen LogP) is 4.85. The number of rotatable bonds is 2. The van der Waals surface area contributed by atoms with Gasteiger partial charge >= 0.3 is 0 Å². The molecule has 1 heterocycles. The van der Waals surface area contributed by atoms with Crippen molar-refractivity contribution in [1.29, 1.82) is 0 Å². The van der Waals surface area contributed by atoms with Crippen molar-refractivity contribution >= 4 is 32.6 Å². The highest BCUT2D eigenvalue weighted by atomic mass is 79.9. The summed E-state index contributed by atoms with van der Waals surface area (Å²) in [5.41, 5.74) is 4.33. The molecule has 3 heteroatoms. The van der Waals surface area contributed by atoms with Crippen molar-refractivity contribution in [1.82, 2.24) is 4.98 Å². The van der Waals surface area contributed by atoms with E-state index in [9.17, 15) is 4.79 Å². The van der Waals surface area contributed by atoms with Gasteiger partial charge in [0.15, 0.2) is 5.78 Å². The van der Waals surface area contributed by atoms with E-state index in [0.717, 1.165) is 26.6 Å². The maximum atomic E-state index is 12.7. The van der Waals surface area contributed by atoms with Crippen molar-refractivity contribution in [2.75, 3.05) is 0 Å². The molecule has 0 saturated heterocycles. The van der Waals surface area contributed by atoms with Gasteiger partial charge in [-0.25, -0.2) is 0 Å². The van der Waals surface area contributed by atoms with E-state index in [4.69, 9.17) is 0 Å². The van der Waals surface area contributed by atoms with Crippen molar-refractivity contribution in [2.45, 2.75) is 13.8 Å². The fourth-order valence-corrected chi connectivity index (χ4v) is 2.76. The fourth-order valence-electron chi connectivity index (χ4n) is 2.34. The molecular weight excluding hydrogens is 326 g/mol. The van der Waals surface area contributed by atoms with Gasteiger partial charge in [-0.3, -0.25) is 9.78 Å². The SMILES string of the molecule is Cc1ccc(Br)c(C(=O)c2ccc3nc(C)ccc3c2)c1. The third-order valence-electron chi connectivity index (χ3n) is 3.46. The highest BCUT2D eigenvalue weighted by Gasteiger charge is 2.13. The molecule has 0 N–H and O–H groups in total. The fraction of sp³-hybridized carbons (Fsp3) is 0.111. The van der Waals surface area contributed by atoms with Gasteiger partial charge in [0.2, 0.25) is 0 Å². The molecule has 0 aliphatic carbocycles. The maximum absolute atomic E-state index is 12.7. The van der Waals surface area contributed by atoms with Crippen LogP contribution >= 0.6 is 15.9 Å². The molecule has 2 aromatic carbocycles. The molecule has 0 aliphatic heterocycles. The van der Waals surface area contributed by atoms with Crippen LogP contribution in [0.2, 0.25) is 0 Å². The quantitative estimate of drug-likeness (QED) is 0.625. The van der Waals surface area contributed by atoms with E-state index < -0.39 is 0 Å². The van der Waals surface area contributed by atoms with Crippen LogP contribution in [0.5, 0.6) is 0 Å². The molecule has 3 aromatic rings. The Morgan fingerprint density at radius 2 is 1.81 bits per heavy atom. The monoisotopic (exact) mass is 339 g/mol. The molecule has 0 radical (unpaired) electrons. The highest BCUT2D eigenvalue weighted by molar-refractivity contribution is 9.10. The predicted molar refractivity (Wildman–Crippen MR) is 88.8 cm³/mol. The smallest absolute Gasteiger partial charge is 0.194 e. The zero-order chi connectivity index (χ0) is 15.0. The lowest BCUT2D eigenvalue weighted by Crippen LogP contribution is -2.03. The highest BCUT2D eigenvalue weighted by Crippen LogP contribution is 2.23. The summed E-state index contributed by atoms with van der Waals surface area (Å²) in [6.07, 6.45) is 0. The number of hydrogen-bond donors (Lipinski definition) is 0. The van der Waals surface area contributed by atoms with Gasteiger partial charge < -0.3 is 0 Å². The minimum absolute atomic E-state index is 0.0213. The van der Waals surface area contributed by atoms with E-state index in [1.54, 1.807) is 0 Å². The molecule has 0 saturated carbocycles. The second-order valence-electron chi connectivity index (χ2n) is 5.17. The number of carbonyl (C=O) groups is 1. The molecule has 0 unspecified atom stereocenters. The second kappa shape index (κ2) is 5.41. The molecule has 0 fully saturated rings. The molecule has 0 bridgehead atoms. The van der Waals surface area contributed by atoms with Gasteiger partial charge in [0.05, 0.1) is 5.52 Å². The normalized spacial score (nSPS) is 10.8. The van der Waals surface area contributed by atoms with E-state index in [1.165, 1.54) is 0 Å². The number of fused-ring (bicyclic) bond motifs is 1. The van der Waals surface area contributed by atoms with Crippen molar-refractivity contribution in [3.8, 4) is 0 Å². The molecule has 1 aromatic heterocycles. The number of halogens is 1. The summed E-state index contributed by atoms with van der Waals surface area (Å²) >= 11 is 3.45. The van der Waals surface area contributed by atoms with Gasteiger partial charge in [0, 0.05) is 26.7 Å². The van der Waals surface area contributed by atoms with Crippen LogP contribution in [-0.4, -0.2) is 10.8 Å². The topological polar surface area (TPSA) is 30.0 Å². The molecule has 0 aliphatic rings. The number of aryl methyl sites for hydroxylation is 2. The minimum Gasteiger partial charge on any atom is -0.289 e. The van der Waals surface area contributed by atoms with Crippen LogP contribution in [0.1, 0.15) is 27.2 Å². The summed E-state index contributed by atoms with van der Waals surface area (Å²) in [7, 11) is 0. The van der Waals surface area contributed by atoms with E-state index >= 15 is 0 Å². The van der Waals surface area contributed by atoms with Crippen molar-refractivity contribution < 1.29 is 4.79 Å². The van der Waals surface area contributed by atoms with Gasteiger partial charge in [-0.1, -0.05) is 33.6 Å². The Bertz CT molecular complexity index is 855. The van der Waals surface area contributed by atoms with Crippen LogP contribution in [0.4, 0.5) is 0 Å². The summed E-state index contributed by atoms with van der Waals surface area (Å²) < 4.78 is 0.820. The van der Waals surface area contributed by atoms with Gasteiger partial charge in [0.1, 0.15) is 0 Å². The molecule has 0 amide bonds. The zero-order valence-corrected chi connectivity index (χ0v) is 13.4. The molecule has 3 rings (SSSR count). The third-order valence-corrected chi connectivity index (χ3v) is 4.15. The summed E-state index contributed by atoms with van der Waals surface area (Å²) in [5, 5.41) is 0.982. The number of aromatic nitrogens is 1. The average Bonchev–Trinajstić information content (AvgIpc) is 2.48. The van der Waals surface area contributed by atoms with Crippen LogP contribution in [0.25, 0.3) is 10.9 Å². The van der Waals surface area contributed by atoms with Gasteiger partial charge in [-0.05, 0) is 50.2 Å². The lowest BCUT2D eigenvalue weighted by molar-refractivity contribution is 0.103. The first-order valence-electron chi connectivity index (χ1n) is 6.73. The Morgan fingerprint density at radius 3 is 2.62 bits per heavy atom. The Labute approximate surface area is 132 Å². The Kier molecular flexibility index (Phi) is 3.60. The molecular formula is C18H14BrNO. The molecule has 0 spiro atoms. The van der Waals surface area contributed by atoms with E-state index in [1.807, 2.05) is 62.4 Å². The number of nitrogens with zero attached hydrogens (tertiary/aromatic N) is 1. The second-order valence-corrected chi connectivity index (χ2v) is 6.03. The van der Waals surface area contributed by atoms with E-state index in [-0.39, 0.29) is 5.78 Å². The lowest BCUT2D eigenvalue weighted by atomic mass is 10.00. The van der Waals surface area contributed by atoms with Crippen molar-refractivity contribution in [3.63, 3.8) is 0 Å². The minimum atomic E-state index is 0.0213. The Hall–Kier alpha value is -2.00. The van der Waals surface area contributed by atoms with Crippen molar-refractivity contribution in [2.24, 2.45) is 0 Å². The maximum Gasteiger partial charge on any atom is 0.194 e. The summed E-state index contributed by atoms with van der Waals surface area (Å²) in [6, 6.07) is 15.4. The van der Waals surface area contributed by atoms with Crippen LogP contribution in [0.15, 0.2) is 53.0 Å². The van der Waals surface area contributed by atoms with Gasteiger partial charge in [-0.15, -0.1) is 0 Å². The lowest BCUT2D eigenvalue weighted by Gasteiger charge is -2.07. The number of pyridine rings is 1. The first-order chi connectivity index (χ1) is 10.0. The standard InChI is InChI=1S/C18H14BrNO/c1-11-3-7-16(19)15(9-11)18(21)14-6-8-17-13(10-14)5-4-12(2)20-17/h3-10H,1-2H3. The first kappa shape index (κ1) is 14.0. The van der Waals surface area contributed by atoms with Gasteiger partial charge in [-0.2, -0.15) is 0 Å². The average molecular weight is 340 g/mol. The molecule has 21 heavy (non-hydrogen) atoms. The number of carbonyl (C=O) groups excluding carboxylic acids is 1. The number of ketones is 1. The van der Waals surface area contributed by atoms with Crippen LogP contribution in [0.3, 0.4) is 0 Å². The summed E-state index contributed by atoms with van der Waals surface area (Å²) in [5.74, 6) is 0.0213. The zero-order valence-electron chi connectivity index (χ0n) is 11.9. The largest absolute Gasteiger partial charge is 0.289 e. The Balaban J connectivity index is 2.09. The summed E-state index contributed by atoms with van der Waals surface area (Å²) in [6.45, 7) is 3.94. The summed E-state index contributed by atoms with van der Waals surface area (Å²) in [4.78, 5) is 17.1. The Morgan fingerprint density at radius 1 is 1.00 bits per heavy atom. The molecule has 2 nitrogen and oxygen atoms in total. The number of benzene rings is 2. The number of hydrogen-bond acceptors (Lipinski definition) is 2. The van der Waals surface area contributed by atoms with Gasteiger partial charge in [0.25, 0.3) is 0 Å². The third kappa shape index (κ3) is 2.74. The molecule has 104 valence electrons. The van der Waals surface area contributed by atoms with Crippen molar-refractivity contribution in [3.05, 3.63) is 75.4 Å². The van der Waals surface area contributed by atoms with Crippen LogP contribution in [0, 0.1) is 13.8 Å². The van der Waals surface area contributed by atoms with Crippen LogP contribution < -0.4 is 0 Å². The van der Waals surface area contributed by atoms with Crippen LogP contribution in [-0.2, 0) is 0 Å². The van der Waals surface area contributed by atoms with E-state index in [2.05, 4.69) is 20.9 Å². The first-order valence-corrected chi connectivity index (χ1v) is 7.52. The molecule has 0 atom stereocenters. The van der Waals surface area contributed by atoms with E-state index in [0.29, 0.717) is 11.1 Å².